The summed E-state index contributed by atoms with van der Waals surface area (Å²) in [7, 11) is 0. The lowest BCUT2D eigenvalue weighted by Gasteiger charge is -2.04. The number of hydrogen-bond acceptors (Lipinski definition) is 2. The van der Waals surface area contributed by atoms with Crippen LogP contribution in [-0.2, 0) is 11.5 Å². The third-order valence-corrected chi connectivity index (χ3v) is 1.73. The van der Waals surface area contributed by atoms with Gasteiger partial charge in [0.1, 0.15) is 12.0 Å². The highest BCUT2D eigenvalue weighted by Crippen LogP contribution is 2.27. The van der Waals surface area contributed by atoms with E-state index in [0.29, 0.717) is 11.0 Å². The van der Waals surface area contributed by atoms with Crippen molar-refractivity contribution in [2.24, 2.45) is 0 Å². The molecule has 0 aliphatic carbocycles. The highest BCUT2D eigenvalue weighted by atomic mass is 79.9. The van der Waals surface area contributed by atoms with Crippen LogP contribution in [0.4, 0.5) is 13.2 Å². The van der Waals surface area contributed by atoms with E-state index >= 15 is 0 Å². The number of aromatic nitrogens is 2. The molecule has 0 aliphatic rings. The molecule has 0 saturated heterocycles. The van der Waals surface area contributed by atoms with Gasteiger partial charge in [0.25, 0.3) is 0 Å². The van der Waals surface area contributed by atoms with Crippen molar-refractivity contribution >= 4 is 15.9 Å². The third-order valence-electron chi connectivity index (χ3n) is 1.15. The van der Waals surface area contributed by atoms with Crippen molar-refractivity contribution in [3.63, 3.8) is 0 Å². The second-order valence-corrected chi connectivity index (χ2v) is 2.59. The molecule has 1 aromatic heterocycles. The van der Waals surface area contributed by atoms with Gasteiger partial charge in [0.2, 0.25) is 0 Å². The lowest BCUT2D eigenvalue weighted by atomic mass is 10.3. The maximum absolute atomic E-state index is 12.0. The molecule has 1 heterocycles. The highest BCUT2D eigenvalue weighted by Gasteiger charge is 2.32. The number of alkyl halides is 4. The fraction of sp³-hybridized carbons (Fsp3) is 0.333. The summed E-state index contributed by atoms with van der Waals surface area (Å²) in [5.74, 6) is 0. The fourth-order valence-electron chi connectivity index (χ4n) is 0.626. The van der Waals surface area contributed by atoms with Gasteiger partial charge in [-0.2, -0.15) is 13.2 Å². The Morgan fingerprint density at radius 3 is 2.50 bits per heavy atom. The molecule has 0 bridgehead atoms. The van der Waals surface area contributed by atoms with Crippen LogP contribution in [0, 0.1) is 0 Å². The first-order chi connectivity index (χ1) is 5.54. The van der Waals surface area contributed by atoms with E-state index in [1.807, 2.05) is 0 Å². The Balaban J connectivity index is 3.02. The molecule has 2 nitrogen and oxygen atoms in total. The molecule has 66 valence electrons. The van der Waals surface area contributed by atoms with Crippen LogP contribution in [0.2, 0.25) is 0 Å². The summed E-state index contributed by atoms with van der Waals surface area (Å²) >= 11 is 3.00. The Hall–Kier alpha value is -0.650. The van der Waals surface area contributed by atoms with Crippen molar-refractivity contribution in [2.75, 3.05) is 0 Å². The highest BCUT2D eigenvalue weighted by molar-refractivity contribution is 9.08. The minimum atomic E-state index is -4.39. The van der Waals surface area contributed by atoms with E-state index in [9.17, 15) is 13.2 Å². The van der Waals surface area contributed by atoms with Crippen LogP contribution in [0.5, 0.6) is 0 Å². The molecular weight excluding hydrogens is 237 g/mol. The van der Waals surface area contributed by atoms with E-state index in [1.165, 1.54) is 0 Å². The van der Waals surface area contributed by atoms with Gasteiger partial charge in [-0.05, 0) is 6.07 Å². The summed E-state index contributed by atoms with van der Waals surface area (Å²) in [6.07, 6.45) is -3.49. The van der Waals surface area contributed by atoms with Crippen molar-refractivity contribution < 1.29 is 13.2 Å². The average molecular weight is 241 g/mol. The third kappa shape index (κ3) is 2.17. The Labute approximate surface area is 75.0 Å². The molecule has 0 amide bonds. The van der Waals surface area contributed by atoms with Gasteiger partial charge in [-0.15, -0.1) is 0 Å². The monoisotopic (exact) mass is 240 g/mol. The Morgan fingerprint density at radius 2 is 2.00 bits per heavy atom. The number of rotatable bonds is 1. The summed E-state index contributed by atoms with van der Waals surface area (Å²) in [4.78, 5) is 6.72. The number of nitrogens with zero attached hydrogens (tertiary/aromatic N) is 2. The van der Waals surface area contributed by atoms with Gasteiger partial charge in [-0.1, -0.05) is 15.9 Å². The first-order valence-electron chi connectivity index (χ1n) is 2.98. The molecule has 12 heavy (non-hydrogen) atoms. The minimum absolute atomic E-state index is 0.290. The van der Waals surface area contributed by atoms with Crippen LogP contribution in [0.15, 0.2) is 12.4 Å². The zero-order chi connectivity index (χ0) is 9.19. The molecule has 1 aromatic rings. The molecule has 0 saturated carbocycles. The lowest BCUT2D eigenvalue weighted by Crippen LogP contribution is -2.08. The Kier molecular flexibility index (Phi) is 2.66. The summed E-state index contributed by atoms with van der Waals surface area (Å²) in [5.41, 5.74) is -0.593. The van der Waals surface area contributed by atoms with Gasteiger partial charge < -0.3 is 0 Å². The molecule has 0 spiro atoms. The van der Waals surface area contributed by atoms with Gasteiger partial charge in [0.05, 0.1) is 5.69 Å². The molecule has 0 aromatic carbocycles. The largest absolute Gasteiger partial charge is 0.433 e. The van der Waals surface area contributed by atoms with E-state index in [4.69, 9.17) is 0 Å². The molecule has 0 fully saturated rings. The predicted molar refractivity (Wildman–Crippen MR) is 39.7 cm³/mol. The van der Waals surface area contributed by atoms with E-state index in [2.05, 4.69) is 25.9 Å². The normalized spacial score (nSPS) is 11.7. The van der Waals surface area contributed by atoms with Crippen molar-refractivity contribution in [3.8, 4) is 0 Å². The smallest absolute Gasteiger partial charge is 0.240 e. The molecule has 6 heteroatoms. The maximum atomic E-state index is 12.0. The summed E-state index contributed by atoms with van der Waals surface area (Å²) in [5, 5.41) is 0.290. The number of hydrogen-bond donors (Lipinski definition) is 0. The second-order valence-electron chi connectivity index (χ2n) is 2.03. The molecule has 0 radical (unpaired) electrons. The standard InChI is InChI=1S/C6H4BrF3N2/c7-2-4-1-5(6(8,9)10)12-3-11-4/h1,3H,2H2. The molecule has 0 atom stereocenters. The van der Waals surface area contributed by atoms with Crippen molar-refractivity contribution in [1.82, 2.24) is 9.97 Å². The molecule has 1 rings (SSSR count). The van der Waals surface area contributed by atoms with Crippen LogP contribution in [0.3, 0.4) is 0 Å². The minimum Gasteiger partial charge on any atom is -0.240 e. The Morgan fingerprint density at radius 1 is 1.33 bits per heavy atom. The molecule has 0 aliphatic heterocycles. The van der Waals surface area contributed by atoms with Gasteiger partial charge in [-0.3, -0.25) is 0 Å². The predicted octanol–water partition coefficient (Wildman–Crippen LogP) is 2.39. The van der Waals surface area contributed by atoms with Gasteiger partial charge in [0, 0.05) is 5.33 Å². The summed E-state index contributed by atoms with van der Waals surface area (Å²) in [6, 6.07) is 0.911. The van der Waals surface area contributed by atoms with Crippen LogP contribution < -0.4 is 0 Å². The summed E-state index contributed by atoms with van der Waals surface area (Å²) < 4.78 is 36.0. The van der Waals surface area contributed by atoms with Crippen LogP contribution in [0.1, 0.15) is 11.4 Å². The number of halogens is 4. The summed E-state index contributed by atoms with van der Waals surface area (Å²) in [6.45, 7) is 0. The van der Waals surface area contributed by atoms with Crippen LogP contribution in [-0.4, -0.2) is 9.97 Å². The van der Waals surface area contributed by atoms with Crippen LogP contribution in [0.25, 0.3) is 0 Å². The van der Waals surface area contributed by atoms with Crippen molar-refractivity contribution in [1.29, 1.82) is 0 Å². The van der Waals surface area contributed by atoms with E-state index < -0.39 is 11.9 Å². The second kappa shape index (κ2) is 3.38. The fourth-order valence-corrected chi connectivity index (χ4v) is 0.932. The van der Waals surface area contributed by atoms with E-state index in [1.54, 1.807) is 0 Å². The molecule has 0 unspecified atom stereocenters. The maximum Gasteiger partial charge on any atom is 0.433 e. The van der Waals surface area contributed by atoms with Gasteiger partial charge in [0.15, 0.2) is 0 Å². The van der Waals surface area contributed by atoms with Gasteiger partial charge >= 0.3 is 6.18 Å². The van der Waals surface area contributed by atoms with Crippen molar-refractivity contribution in [2.45, 2.75) is 11.5 Å². The van der Waals surface area contributed by atoms with Crippen LogP contribution >= 0.6 is 15.9 Å². The topological polar surface area (TPSA) is 25.8 Å². The average Bonchev–Trinajstić information content (AvgIpc) is 2.03. The van der Waals surface area contributed by atoms with Crippen molar-refractivity contribution in [3.05, 3.63) is 23.8 Å². The molecular formula is C6H4BrF3N2. The first kappa shape index (κ1) is 9.44. The molecule has 0 N–H and O–H groups in total. The zero-order valence-corrected chi connectivity index (χ0v) is 7.35. The lowest BCUT2D eigenvalue weighted by molar-refractivity contribution is -0.141. The van der Waals surface area contributed by atoms with E-state index in [-0.39, 0.29) is 0 Å². The van der Waals surface area contributed by atoms with Gasteiger partial charge in [-0.25, -0.2) is 9.97 Å². The first-order valence-corrected chi connectivity index (χ1v) is 4.10. The zero-order valence-electron chi connectivity index (χ0n) is 5.77. The quantitative estimate of drug-likeness (QED) is 0.705. The Bertz CT molecular complexity index is 274. The SMILES string of the molecule is FC(F)(F)c1cc(CBr)ncn1. The van der Waals surface area contributed by atoms with E-state index in [0.717, 1.165) is 12.4 Å².